The van der Waals surface area contributed by atoms with Crippen molar-refractivity contribution in [3.05, 3.63) is 81.8 Å². The van der Waals surface area contributed by atoms with Gasteiger partial charge in [-0.15, -0.1) is 0 Å². The lowest BCUT2D eigenvalue weighted by Gasteiger charge is -2.38. The molecule has 3 aromatic rings. The highest BCUT2D eigenvalue weighted by Crippen LogP contribution is 2.29. The smallest absolute Gasteiger partial charge is 0.274 e. The first-order valence-corrected chi connectivity index (χ1v) is 12.5. The second kappa shape index (κ2) is 11.4. The van der Waals surface area contributed by atoms with E-state index in [1.54, 1.807) is 12.1 Å². The number of carbonyl (C=O) groups excluding carboxylic acids is 3. The normalized spacial score (nSPS) is 19.3. The molecular formula is C27H26FN5O7. The van der Waals surface area contributed by atoms with Crippen molar-refractivity contribution < 1.29 is 33.0 Å². The largest absolute Gasteiger partial charge is 0.493 e. The number of halogens is 1. The summed E-state index contributed by atoms with van der Waals surface area (Å²) in [5.41, 5.74) is 0.297. The Bertz CT molecular complexity index is 1490. The van der Waals surface area contributed by atoms with Crippen LogP contribution in [0.25, 0.3) is 0 Å². The van der Waals surface area contributed by atoms with Crippen LogP contribution in [0.5, 0.6) is 17.2 Å². The van der Waals surface area contributed by atoms with Crippen molar-refractivity contribution in [2.75, 3.05) is 26.8 Å². The van der Waals surface area contributed by atoms with Gasteiger partial charge in [0.05, 0.1) is 19.3 Å². The number of hydrogen-bond acceptors (Lipinski definition) is 8. The molecule has 1 saturated heterocycles. The lowest BCUT2D eigenvalue weighted by Crippen LogP contribution is -2.58. The molecule has 0 unspecified atom stereocenters. The highest BCUT2D eigenvalue weighted by atomic mass is 19.1. The predicted molar refractivity (Wildman–Crippen MR) is 138 cm³/mol. The van der Waals surface area contributed by atoms with Gasteiger partial charge < -0.3 is 34.7 Å². The number of aromatic nitrogens is 2. The molecule has 208 valence electrons. The number of ether oxygens (including phenoxy) is 3. The summed E-state index contributed by atoms with van der Waals surface area (Å²) < 4.78 is 31.5. The van der Waals surface area contributed by atoms with Gasteiger partial charge in [-0.25, -0.2) is 9.37 Å². The molecule has 3 heterocycles. The Labute approximate surface area is 227 Å². The summed E-state index contributed by atoms with van der Waals surface area (Å²) >= 11 is 0. The Hall–Kier alpha value is -4.94. The van der Waals surface area contributed by atoms with Crippen LogP contribution in [0.15, 0.2) is 53.6 Å². The molecule has 3 amide bonds. The predicted octanol–water partition coefficient (Wildman–Crippen LogP) is 1.02. The fourth-order valence-corrected chi connectivity index (χ4v) is 4.56. The number of nitrogens with zero attached hydrogens (tertiary/aromatic N) is 2. The molecule has 0 aliphatic carbocycles. The molecule has 2 aromatic carbocycles. The molecule has 12 nitrogen and oxygen atoms in total. The van der Waals surface area contributed by atoms with E-state index in [1.807, 2.05) is 0 Å². The summed E-state index contributed by atoms with van der Waals surface area (Å²) in [5.74, 6) is -1.21. The Morgan fingerprint density at radius 2 is 2.02 bits per heavy atom. The molecule has 3 N–H and O–H groups in total. The maximum atomic E-state index is 14.4. The summed E-state index contributed by atoms with van der Waals surface area (Å²) in [5, 5.41) is 5.59. The van der Waals surface area contributed by atoms with Gasteiger partial charge in [0.25, 0.3) is 23.3 Å². The standard InChI is InChI=1S/C27H26FN5O7/c1-38-22-3-2-16-8-23(22)39-14-25(35)30-10-15-6-17(28)9-18(7-15)40-21-4-5-33(13-20(21)32-26(16)36)27(37)19-11-31-24(34)12-29-19/h2-3,6-9,11-12,20-21H,4-5,10,13-14H2,1H3,(H,30,35)(H,31,34)(H,32,36)/t20-,21+/m0/s1. The average Bonchev–Trinajstić information content (AvgIpc) is 2.95. The summed E-state index contributed by atoms with van der Waals surface area (Å²) in [6.45, 7) is -0.00332. The third kappa shape index (κ3) is 6.03. The zero-order valence-corrected chi connectivity index (χ0v) is 21.4. The third-order valence-corrected chi connectivity index (χ3v) is 6.54. The van der Waals surface area contributed by atoms with Gasteiger partial charge in [0.2, 0.25) is 0 Å². The first kappa shape index (κ1) is 26.7. The molecular weight excluding hydrogens is 525 g/mol. The number of methoxy groups -OCH3 is 1. The van der Waals surface area contributed by atoms with Crippen LogP contribution in [-0.4, -0.2) is 71.5 Å². The molecule has 13 heteroatoms. The van der Waals surface area contributed by atoms with Crippen LogP contribution < -0.4 is 30.4 Å². The Balaban J connectivity index is 1.47. The van der Waals surface area contributed by atoms with Crippen molar-refractivity contribution in [3.8, 4) is 17.2 Å². The Morgan fingerprint density at radius 3 is 2.80 bits per heavy atom. The van der Waals surface area contributed by atoms with Gasteiger partial charge in [0.15, 0.2) is 18.1 Å². The van der Waals surface area contributed by atoms with Crippen molar-refractivity contribution in [2.45, 2.75) is 25.1 Å². The van der Waals surface area contributed by atoms with Crippen LogP contribution >= 0.6 is 0 Å². The maximum absolute atomic E-state index is 14.4. The van der Waals surface area contributed by atoms with Crippen LogP contribution in [0.2, 0.25) is 0 Å². The number of rotatable bonds is 2. The molecule has 1 fully saturated rings. The molecule has 2 aliphatic rings. The molecule has 2 atom stereocenters. The number of nitrogens with one attached hydrogen (secondary N) is 3. The van der Waals surface area contributed by atoms with E-state index in [-0.39, 0.29) is 49.0 Å². The van der Waals surface area contributed by atoms with Gasteiger partial charge in [-0.05, 0) is 35.9 Å². The van der Waals surface area contributed by atoms with Gasteiger partial charge in [0, 0.05) is 43.9 Å². The fraction of sp³-hybridized carbons (Fsp3) is 0.296. The van der Waals surface area contributed by atoms with Gasteiger partial charge >= 0.3 is 0 Å². The number of benzene rings is 2. The van der Waals surface area contributed by atoms with Gasteiger partial charge in [-0.1, -0.05) is 0 Å². The molecule has 0 spiro atoms. The first-order chi connectivity index (χ1) is 19.3. The van der Waals surface area contributed by atoms with E-state index in [1.165, 1.54) is 42.5 Å². The fourth-order valence-electron chi connectivity index (χ4n) is 4.56. The molecule has 5 rings (SSSR count). The number of carbonyl (C=O) groups is 3. The van der Waals surface area contributed by atoms with Crippen LogP contribution in [0, 0.1) is 5.82 Å². The SMILES string of the molecule is COc1ccc2cc1OCC(=O)NCc1cc(F)cc(c1)O[C@@H]1CCN(C(=O)c3c[nH]c(=O)cn3)C[C@@H]1NC2=O. The molecule has 0 radical (unpaired) electrons. The second-order valence-electron chi connectivity index (χ2n) is 9.30. The average molecular weight is 552 g/mol. The third-order valence-electron chi connectivity index (χ3n) is 6.54. The molecule has 0 saturated carbocycles. The van der Waals surface area contributed by atoms with Crippen molar-refractivity contribution in [2.24, 2.45) is 0 Å². The Kier molecular flexibility index (Phi) is 7.62. The molecule has 40 heavy (non-hydrogen) atoms. The van der Waals surface area contributed by atoms with E-state index in [9.17, 15) is 23.6 Å². The molecule has 4 bridgehead atoms. The van der Waals surface area contributed by atoms with E-state index in [0.717, 1.165) is 6.20 Å². The van der Waals surface area contributed by atoms with Crippen molar-refractivity contribution in [1.82, 2.24) is 25.5 Å². The van der Waals surface area contributed by atoms with Crippen LogP contribution in [0.4, 0.5) is 4.39 Å². The number of amides is 3. The zero-order valence-electron chi connectivity index (χ0n) is 21.4. The van der Waals surface area contributed by atoms with Crippen LogP contribution in [0.1, 0.15) is 32.8 Å². The van der Waals surface area contributed by atoms with Crippen molar-refractivity contribution in [3.63, 3.8) is 0 Å². The monoisotopic (exact) mass is 551 g/mol. The number of piperidine rings is 1. The topological polar surface area (TPSA) is 152 Å². The summed E-state index contributed by atoms with van der Waals surface area (Å²) in [6.07, 6.45) is 1.93. The van der Waals surface area contributed by atoms with E-state index < -0.39 is 41.2 Å². The van der Waals surface area contributed by atoms with E-state index >= 15 is 0 Å². The Morgan fingerprint density at radius 1 is 1.18 bits per heavy atom. The zero-order chi connectivity index (χ0) is 28.2. The summed E-state index contributed by atoms with van der Waals surface area (Å²) in [4.78, 5) is 58.0. The first-order valence-electron chi connectivity index (χ1n) is 12.5. The minimum atomic E-state index is -0.696. The minimum absolute atomic E-state index is 0.0345. The van der Waals surface area contributed by atoms with Crippen molar-refractivity contribution in [1.29, 1.82) is 0 Å². The van der Waals surface area contributed by atoms with E-state index in [2.05, 4.69) is 20.6 Å². The quantitative estimate of drug-likeness (QED) is 0.427. The number of hydrogen-bond donors (Lipinski definition) is 3. The van der Waals surface area contributed by atoms with Crippen LogP contribution in [0.3, 0.4) is 0 Å². The number of fused-ring (bicyclic) bond motifs is 5. The van der Waals surface area contributed by atoms with E-state index in [0.29, 0.717) is 17.7 Å². The minimum Gasteiger partial charge on any atom is -0.493 e. The summed E-state index contributed by atoms with van der Waals surface area (Å²) in [6, 6.07) is 7.94. The number of likely N-dealkylation sites (tertiary alicyclic amines) is 1. The number of aromatic amines is 1. The number of H-pyrrole nitrogens is 1. The molecule has 1 aromatic heterocycles. The van der Waals surface area contributed by atoms with Crippen molar-refractivity contribution >= 4 is 17.7 Å². The van der Waals surface area contributed by atoms with Gasteiger partial charge in [-0.3, -0.25) is 19.2 Å². The second-order valence-corrected chi connectivity index (χ2v) is 9.30. The van der Waals surface area contributed by atoms with E-state index in [4.69, 9.17) is 14.2 Å². The van der Waals surface area contributed by atoms with Gasteiger partial charge in [0.1, 0.15) is 23.4 Å². The summed E-state index contributed by atoms with van der Waals surface area (Å²) in [7, 11) is 1.43. The lowest BCUT2D eigenvalue weighted by molar-refractivity contribution is -0.123. The maximum Gasteiger partial charge on any atom is 0.274 e. The van der Waals surface area contributed by atoms with Crippen LogP contribution in [-0.2, 0) is 11.3 Å². The lowest BCUT2D eigenvalue weighted by atomic mass is 10.0. The highest BCUT2D eigenvalue weighted by Gasteiger charge is 2.35. The van der Waals surface area contributed by atoms with Gasteiger partial charge in [-0.2, -0.15) is 0 Å². The molecule has 2 aliphatic heterocycles. The highest BCUT2D eigenvalue weighted by molar-refractivity contribution is 5.95.